The van der Waals surface area contributed by atoms with Gasteiger partial charge in [0.25, 0.3) is 0 Å². The summed E-state index contributed by atoms with van der Waals surface area (Å²) in [5, 5.41) is 0.00209. The number of hydrogen-bond acceptors (Lipinski definition) is 3. The van der Waals surface area contributed by atoms with E-state index in [2.05, 4.69) is 0 Å². The summed E-state index contributed by atoms with van der Waals surface area (Å²) in [5.41, 5.74) is 1.10. The third kappa shape index (κ3) is 3.58. The Hall–Kier alpha value is -1.32. The Morgan fingerprint density at radius 3 is 2.47 bits per heavy atom. The van der Waals surface area contributed by atoms with Crippen LogP contribution in [0.1, 0.15) is 18.4 Å². The molecule has 0 saturated heterocycles. The van der Waals surface area contributed by atoms with Crippen molar-refractivity contribution in [3.8, 4) is 0 Å². The topological polar surface area (TPSA) is 43.4 Å². The van der Waals surface area contributed by atoms with E-state index >= 15 is 0 Å². The largest absolute Gasteiger partial charge is 0.452 e. The van der Waals surface area contributed by atoms with Crippen LogP contribution >= 0.6 is 23.2 Å². The average Bonchev–Trinajstić information content (AvgIpc) is 2.65. The number of carbonyl (C=O) groups is 2. The first-order valence-corrected chi connectivity index (χ1v) is 6.65. The molecule has 3 nitrogen and oxygen atoms in total. The van der Waals surface area contributed by atoms with Crippen LogP contribution in [0, 0.1) is 0 Å². The molecule has 19 heavy (non-hydrogen) atoms. The van der Waals surface area contributed by atoms with Gasteiger partial charge in [-0.15, -0.1) is 0 Å². The Kier molecular flexibility index (Phi) is 4.61. The van der Waals surface area contributed by atoms with E-state index in [9.17, 15) is 9.59 Å². The summed E-state index contributed by atoms with van der Waals surface area (Å²) in [4.78, 5) is 23.0. The molecular formula is C14H12Cl2O3. The van der Waals surface area contributed by atoms with E-state index in [0.29, 0.717) is 12.8 Å². The van der Waals surface area contributed by atoms with Crippen LogP contribution in [0.5, 0.6) is 0 Å². The number of esters is 1. The molecular weight excluding hydrogens is 287 g/mol. The van der Waals surface area contributed by atoms with Crippen molar-refractivity contribution >= 4 is 35.0 Å². The van der Waals surface area contributed by atoms with E-state index in [4.69, 9.17) is 27.9 Å². The first-order chi connectivity index (χ1) is 9.08. The molecule has 1 aliphatic heterocycles. The van der Waals surface area contributed by atoms with Gasteiger partial charge < -0.3 is 4.74 Å². The Morgan fingerprint density at radius 1 is 1.21 bits per heavy atom. The fraction of sp³-hybridized carbons (Fsp3) is 0.286. The van der Waals surface area contributed by atoms with Crippen LogP contribution in [0.25, 0.3) is 0 Å². The number of aryl methyl sites for hydroxylation is 1. The fourth-order valence-electron chi connectivity index (χ4n) is 1.84. The molecule has 1 aliphatic rings. The highest BCUT2D eigenvalue weighted by Crippen LogP contribution is 2.30. The van der Waals surface area contributed by atoms with Crippen LogP contribution in [0.3, 0.4) is 0 Å². The summed E-state index contributed by atoms with van der Waals surface area (Å²) < 4.78 is 4.91. The normalized spacial score (nSPS) is 18.6. The SMILES string of the molecule is O=C(CCc1ccccc1)C[C@H]1OC(=O)C(Cl)=C1Cl. The first-order valence-electron chi connectivity index (χ1n) is 5.89. The van der Waals surface area contributed by atoms with Gasteiger partial charge in [0.2, 0.25) is 0 Å². The molecule has 0 unspecified atom stereocenters. The maximum absolute atomic E-state index is 11.8. The van der Waals surface area contributed by atoms with Gasteiger partial charge in [-0.3, -0.25) is 4.79 Å². The van der Waals surface area contributed by atoms with Crippen molar-refractivity contribution in [1.29, 1.82) is 0 Å². The number of hydrogen-bond donors (Lipinski definition) is 0. The van der Waals surface area contributed by atoms with Crippen molar-refractivity contribution in [3.05, 3.63) is 46.0 Å². The van der Waals surface area contributed by atoms with Crippen molar-refractivity contribution in [1.82, 2.24) is 0 Å². The number of carbonyl (C=O) groups excluding carboxylic acids is 2. The zero-order valence-electron chi connectivity index (χ0n) is 10.1. The predicted molar refractivity (Wildman–Crippen MR) is 73.0 cm³/mol. The molecule has 1 aromatic carbocycles. The number of ketones is 1. The molecule has 1 atom stereocenters. The van der Waals surface area contributed by atoms with Crippen molar-refractivity contribution in [3.63, 3.8) is 0 Å². The van der Waals surface area contributed by atoms with Gasteiger partial charge in [-0.05, 0) is 12.0 Å². The first kappa shape index (κ1) is 14.1. The fourth-order valence-corrected chi connectivity index (χ4v) is 2.21. The minimum atomic E-state index is -0.718. The highest BCUT2D eigenvalue weighted by atomic mass is 35.5. The third-order valence-electron chi connectivity index (χ3n) is 2.87. The maximum Gasteiger partial charge on any atom is 0.351 e. The number of rotatable bonds is 5. The summed E-state index contributed by atoms with van der Waals surface area (Å²) in [6, 6.07) is 9.71. The van der Waals surface area contributed by atoms with Crippen molar-refractivity contribution in [2.24, 2.45) is 0 Å². The van der Waals surface area contributed by atoms with E-state index < -0.39 is 12.1 Å². The lowest BCUT2D eigenvalue weighted by Crippen LogP contribution is -2.16. The summed E-state index contributed by atoms with van der Waals surface area (Å²) in [5.74, 6) is -0.668. The minimum absolute atomic E-state index is 0.00818. The van der Waals surface area contributed by atoms with Gasteiger partial charge in [0.05, 0.1) is 5.03 Å². The van der Waals surface area contributed by atoms with Gasteiger partial charge in [-0.25, -0.2) is 4.79 Å². The molecule has 1 aromatic rings. The molecule has 0 bridgehead atoms. The third-order valence-corrected chi connectivity index (χ3v) is 3.76. The monoisotopic (exact) mass is 298 g/mol. The van der Waals surface area contributed by atoms with E-state index in [-0.39, 0.29) is 22.3 Å². The quantitative estimate of drug-likeness (QED) is 0.784. The number of benzene rings is 1. The van der Waals surface area contributed by atoms with Crippen LogP contribution in [0.2, 0.25) is 0 Å². The van der Waals surface area contributed by atoms with Crippen molar-refractivity contribution in [2.45, 2.75) is 25.4 Å². The average molecular weight is 299 g/mol. The number of halogens is 2. The highest BCUT2D eigenvalue weighted by molar-refractivity contribution is 6.48. The van der Waals surface area contributed by atoms with E-state index in [1.54, 1.807) is 0 Å². The van der Waals surface area contributed by atoms with Crippen molar-refractivity contribution < 1.29 is 14.3 Å². The van der Waals surface area contributed by atoms with Crippen LogP contribution < -0.4 is 0 Å². The van der Waals surface area contributed by atoms with Gasteiger partial charge in [-0.2, -0.15) is 0 Å². The van der Waals surface area contributed by atoms with Crippen LogP contribution in [0.15, 0.2) is 40.4 Å². The van der Waals surface area contributed by atoms with Gasteiger partial charge >= 0.3 is 5.97 Å². The van der Waals surface area contributed by atoms with Crippen molar-refractivity contribution in [2.75, 3.05) is 0 Å². The molecule has 0 aliphatic carbocycles. The minimum Gasteiger partial charge on any atom is -0.452 e. The highest BCUT2D eigenvalue weighted by Gasteiger charge is 2.33. The van der Waals surface area contributed by atoms with E-state index in [1.807, 2.05) is 30.3 Å². The van der Waals surface area contributed by atoms with E-state index in [1.165, 1.54) is 0 Å². The zero-order chi connectivity index (χ0) is 13.8. The molecule has 0 aromatic heterocycles. The summed E-state index contributed by atoms with van der Waals surface area (Å²) in [6.45, 7) is 0. The summed E-state index contributed by atoms with van der Waals surface area (Å²) >= 11 is 11.5. The predicted octanol–water partition coefficient (Wildman–Crippen LogP) is 3.19. The molecule has 0 amide bonds. The van der Waals surface area contributed by atoms with E-state index in [0.717, 1.165) is 5.56 Å². The Balaban J connectivity index is 1.84. The second-order valence-corrected chi connectivity index (χ2v) is 5.07. The molecule has 5 heteroatoms. The van der Waals surface area contributed by atoms with Gasteiger partial charge in [0.1, 0.15) is 16.9 Å². The lowest BCUT2D eigenvalue weighted by atomic mass is 10.0. The summed E-state index contributed by atoms with van der Waals surface area (Å²) in [6.07, 6.45) is 0.410. The summed E-state index contributed by atoms with van der Waals surface area (Å²) in [7, 11) is 0. The second kappa shape index (κ2) is 6.22. The van der Waals surface area contributed by atoms with Crippen LogP contribution in [0.4, 0.5) is 0 Å². The van der Waals surface area contributed by atoms with Gasteiger partial charge in [0.15, 0.2) is 0 Å². The number of cyclic esters (lactones) is 1. The molecule has 1 heterocycles. The molecule has 2 rings (SSSR count). The van der Waals surface area contributed by atoms with Gasteiger partial charge in [-0.1, -0.05) is 53.5 Å². The van der Waals surface area contributed by atoms with Crippen LogP contribution in [-0.2, 0) is 20.7 Å². The second-order valence-electron chi connectivity index (χ2n) is 4.28. The zero-order valence-corrected chi connectivity index (χ0v) is 11.6. The molecule has 0 spiro atoms. The molecule has 0 saturated carbocycles. The lowest BCUT2D eigenvalue weighted by molar-refractivity contribution is -0.140. The standard InChI is InChI=1S/C14H12Cl2O3/c15-12-11(19-14(18)13(12)16)8-10(17)7-6-9-4-2-1-3-5-9/h1-5,11H,6-8H2/t11-/m1/s1. The Morgan fingerprint density at radius 2 is 1.89 bits per heavy atom. The molecule has 0 N–H and O–H groups in total. The number of ether oxygens (including phenoxy) is 1. The Labute approximate surface area is 121 Å². The molecule has 100 valence electrons. The van der Waals surface area contributed by atoms with Gasteiger partial charge in [0, 0.05) is 12.8 Å². The lowest BCUT2D eigenvalue weighted by Gasteiger charge is -2.09. The Bertz CT molecular complexity index is 523. The smallest absolute Gasteiger partial charge is 0.351 e. The number of Topliss-reactive ketones (excluding diaryl/α,β-unsaturated/α-hetero) is 1. The molecule has 0 radical (unpaired) electrons. The molecule has 0 fully saturated rings. The maximum atomic E-state index is 11.8. The van der Waals surface area contributed by atoms with Crippen LogP contribution in [-0.4, -0.2) is 17.9 Å².